The summed E-state index contributed by atoms with van der Waals surface area (Å²) in [5.41, 5.74) is 1.68. The van der Waals surface area contributed by atoms with Gasteiger partial charge in [-0.15, -0.1) is 11.3 Å². The summed E-state index contributed by atoms with van der Waals surface area (Å²) in [4.78, 5) is 16.3. The zero-order chi connectivity index (χ0) is 15.5. The van der Waals surface area contributed by atoms with Crippen molar-refractivity contribution in [2.24, 2.45) is 0 Å². The number of rotatable bonds is 4. The van der Waals surface area contributed by atoms with Crippen LogP contribution in [-0.4, -0.2) is 17.5 Å². The fourth-order valence-electron chi connectivity index (χ4n) is 1.99. The number of carbonyl (C=O) groups excluding carboxylic acids is 1. The molecule has 0 bridgehead atoms. The van der Waals surface area contributed by atoms with Crippen molar-refractivity contribution in [1.29, 1.82) is 0 Å². The van der Waals surface area contributed by atoms with Crippen molar-refractivity contribution in [2.45, 2.75) is 6.92 Å². The van der Waals surface area contributed by atoms with E-state index in [0.29, 0.717) is 10.8 Å². The first kappa shape index (κ1) is 14.8. The maximum absolute atomic E-state index is 11.9. The number of aryl methyl sites for hydroxylation is 1. The lowest BCUT2D eigenvalue weighted by atomic mass is 10.3. The van der Waals surface area contributed by atoms with Gasteiger partial charge in [-0.3, -0.25) is 4.79 Å². The van der Waals surface area contributed by atoms with Crippen LogP contribution in [0.25, 0.3) is 10.2 Å². The fourth-order valence-corrected chi connectivity index (χ4v) is 2.99. The molecular formula is C16H13ClN2O2S. The summed E-state index contributed by atoms with van der Waals surface area (Å²) in [6, 6.07) is 12.5. The van der Waals surface area contributed by atoms with E-state index in [2.05, 4.69) is 10.3 Å². The number of nitrogens with one attached hydrogen (secondary N) is 1. The second-order valence-electron chi connectivity index (χ2n) is 4.71. The highest BCUT2D eigenvalue weighted by molar-refractivity contribution is 7.18. The van der Waals surface area contributed by atoms with Crippen molar-refractivity contribution in [2.75, 3.05) is 11.9 Å². The molecule has 0 atom stereocenters. The van der Waals surface area contributed by atoms with Crippen molar-refractivity contribution in [3.63, 3.8) is 0 Å². The van der Waals surface area contributed by atoms with E-state index >= 15 is 0 Å². The van der Waals surface area contributed by atoms with Crippen LogP contribution in [0.4, 0.5) is 5.69 Å². The van der Waals surface area contributed by atoms with E-state index in [0.717, 1.165) is 20.9 Å². The third-order valence-electron chi connectivity index (χ3n) is 2.96. The molecule has 0 saturated carbocycles. The largest absolute Gasteiger partial charge is 0.484 e. The summed E-state index contributed by atoms with van der Waals surface area (Å²) in [5.74, 6) is 0.392. The van der Waals surface area contributed by atoms with Crippen molar-refractivity contribution in [1.82, 2.24) is 4.98 Å². The number of nitrogens with zero attached hydrogens (tertiary/aromatic N) is 1. The molecule has 0 radical (unpaired) electrons. The molecule has 0 aliphatic heterocycles. The van der Waals surface area contributed by atoms with E-state index in [1.54, 1.807) is 35.6 Å². The van der Waals surface area contributed by atoms with Crippen molar-refractivity contribution in [3.05, 3.63) is 52.5 Å². The second kappa shape index (κ2) is 6.34. The average Bonchev–Trinajstić information content (AvgIpc) is 2.86. The van der Waals surface area contributed by atoms with Crippen LogP contribution >= 0.6 is 22.9 Å². The van der Waals surface area contributed by atoms with Gasteiger partial charge in [0.15, 0.2) is 6.61 Å². The maximum atomic E-state index is 11.9. The molecule has 0 aliphatic carbocycles. The number of halogens is 1. The molecule has 2 aromatic carbocycles. The monoisotopic (exact) mass is 332 g/mol. The van der Waals surface area contributed by atoms with Gasteiger partial charge in [0.1, 0.15) is 5.75 Å². The normalized spacial score (nSPS) is 10.6. The summed E-state index contributed by atoms with van der Waals surface area (Å²) in [6.07, 6.45) is 0. The summed E-state index contributed by atoms with van der Waals surface area (Å²) < 4.78 is 6.46. The Labute approximate surface area is 136 Å². The Kier molecular flexibility index (Phi) is 4.27. The van der Waals surface area contributed by atoms with Gasteiger partial charge in [-0.05, 0) is 49.4 Å². The van der Waals surface area contributed by atoms with E-state index in [1.807, 2.05) is 25.1 Å². The molecule has 0 saturated heterocycles. The molecule has 1 aromatic heterocycles. The Hall–Kier alpha value is -2.11. The van der Waals surface area contributed by atoms with Gasteiger partial charge < -0.3 is 10.1 Å². The van der Waals surface area contributed by atoms with Gasteiger partial charge in [-0.1, -0.05) is 11.6 Å². The standard InChI is InChI=1S/C16H13ClN2O2S/c1-10-18-14-7-4-12(8-15(14)22-10)19-16(20)9-21-13-5-2-11(17)3-6-13/h2-8H,9H2,1H3,(H,19,20). The number of benzene rings is 2. The predicted molar refractivity (Wildman–Crippen MR) is 89.9 cm³/mol. The summed E-state index contributed by atoms with van der Waals surface area (Å²) in [5, 5.41) is 4.45. The first-order valence-electron chi connectivity index (χ1n) is 6.65. The van der Waals surface area contributed by atoms with Crippen LogP contribution in [0, 0.1) is 6.92 Å². The minimum Gasteiger partial charge on any atom is -0.484 e. The Morgan fingerprint density at radius 1 is 1.27 bits per heavy atom. The Bertz CT molecular complexity index is 815. The van der Waals surface area contributed by atoms with Gasteiger partial charge in [-0.2, -0.15) is 0 Å². The average molecular weight is 333 g/mol. The maximum Gasteiger partial charge on any atom is 0.262 e. The second-order valence-corrected chi connectivity index (χ2v) is 6.38. The third kappa shape index (κ3) is 3.55. The van der Waals surface area contributed by atoms with Crippen molar-refractivity contribution >= 4 is 44.7 Å². The van der Waals surface area contributed by atoms with Crippen molar-refractivity contribution in [3.8, 4) is 5.75 Å². The zero-order valence-corrected chi connectivity index (χ0v) is 13.4. The van der Waals surface area contributed by atoms with Crippen molar-refractivity contribution < 1.29 is 9.53 Å². The summed E-state index contributed by atoms with van der Waals surface area (Å²) in [6.45, 7) is 1.91. The molecule has 4 nitrogen and oxygen atoms in total. The molecule has 1 N–H and O–H groups in total. The number of amides is 1. The number of ether oxygens (including phenoxy) is 1. The van der Waals surface area contributed by atoms with Crippen LogP contribution in [0.3, 0.4) is 0 Å². The van der Waals surface area contributed by atoms with Crippen LogP contribution in [0.1, 0.15) is 5.01 Å². The van der Waals surface area contributed by atoms with Crippen LogP contribution in [0.15, 0.2) is 42.5 Å². The van der Waals surface area contributed by atoms with Crippen LogP contribution in [-0.2, 0) is 4.79 Å². The van der Waals surface area contributed by atoms with Gasteiger partial charge >= 0.3 is 0 Å². The first-order valence-corrected chi connectivity index (χ1v) is 7.85. The Morgan fingerprint density at radius 3 is 2.82 bits per heavy atom. The molecule has 1 heterocycles. The van der Waals surface area contributed by atoms with Crippen LogP contribution in [0.2, 0.25) is 5.02 Å². The smallest absolute Gasteiger partial charge is 0.262 e. The Morgan fingerprint density at radius 2 is 2.05 bits per heavy atom. The molecule has 22 heavy (non-hydrogen) atoms. The number of fused-ring (bicyclic) bond motifs is 1. The molecule has 3 aromatic rings. The topological polar surface area (TPSA) is 51.2 Å². The highest BCUT2D eigenvalue weighted by Crippen LogP contribution is 2.24. The van der Waals surface area contributed by atoms with E-state index < -0.39 is 0 Å². The predicted octanol–water partition coefficient (Wildman–Crippen LogP) is 4.28. The lowest BCUT2D eigenvalue weighted by molar-refractivity contribution is -0.118. The molecule has 6 heteroatoms. The summed E-state index contributed by atoms with van der Waals surface area (Å²) in [7, 11) is 0. The van der Waals surface area contributed by atoms with E-state index in [1.165, 1.54) is 0 Å². The Balaban J connectivity index is 1.61. The molecule has 0 unspecified atom stereocenters. The number of thiazole rings is 1. The quantitative estimate of drug-likeness (QED) is 0.776. The summed E-state index contributed by atoms with van der Waals surface area (Å²) >= 11 is 7.39. The molecule has 3 rings (SSSR count). The van der Waals surface area contributed by atoms with E-state index in [9.17, 15) is 4.79 Å². The third-order valence-corrected chi connectivity index (χ3v) is 4.15. The fraction of sp³-hybridized carbons (Fsp3) is 0.125. The van der Waals surface area contributed by atoms with Gasteiger partial charge in [0.25, 0.3) is 5.91 Å². The minimum absolute atomic E-state index is 0.0542. The minimum atomic E-state index is -0.212. The molecule has 112 valence electrons. The number of hydrogen-bond donors (Lipinski definition) is 1. The van der Waals surface area contributed by atoms with E-state index in [4.69, 9.17) is 16.3 Å². The van der Waals surface area contributed by atoms with E-state index in [-0.39, 0.29) is 12.5 Å². The number of aromatic nitrogens is 1. The molecule has 1 amide bonds. The van der Waals surface area contributed by atoms with Gasteiger partial charge in [0, 0.05) is 10.7 Å². The molecule has 0 aliphatic rings. The molecular weight excluding hydrogens is 320 g/mol. The van der Waals surface area contributed by atoms with Crippen LogP contribution in [0.5, 0.6) is 5.75 Å². The van der Waals surface area contributed by atoms with Gasteiger partial charge in [0.2, 0.25) is 0 Å². The number of carbonyl (C=O) groups is 1. The number of hydrogen-bond acceptors (Lipinski definition) is 4. The van der Waals surface area contributed by atoms with Crippen LogP contribution < -0.4 is 10.1 Å². The van der Waals surface area contributed by atoms with Gasteiger partial charge in [-0.25, -0.2) is 4.98 Å². The lowest BCUT2D eigenvalue weighted by Gasteiger charge is -2.07. The lowest BCUT2D eigenvalue weighted by Crippen LogP contribution is -2.20. The molecule has 0 spiro atoms. The zero-order valence-electron chi connectivity index (χ0n) is 11.8. The highest BCUT2D eigenvalue weighted by Gasteiger charge is 2.06. The SMILES string of the molecule is Cc1nc2ccc(NC(=O)COc3ccc(Cl)cc3)cc2s1. The van der Waals surface area contributed by atoms with Gasteiger partial charge in [0.05, 0.1) is 15.2 Å². The highest BCUT2D eigenvalue weighted by atomic mass is 35.5. The number of anilines is 1. The first-order chi connectivity index (χ1) is 10.6. The molecule has 0 fully saturated rings.